The van der Waals surface area contributed by atoms with Crippen molar-refractivity contribution in [3.8, 4) is 0 Å². The second-order valence-electron chi connectivity index (χ2n) is 7.60. The number of anilines is 2. The molecule has 1 aromatic rings. The molecule has 1 aromatic heterocycles. The Morgan fingerprint density at radius 1 is 1.15 bits per heavy atom. The lowest BCUT2D eigenvalue weighted by Crippen LogP contribution is -2.39. The van der Waals surface area contributed by atoms with Crippen LogP contribution in [0.5, 0.6) is 0 Å². The van der Waals surface area contributed by atoms with Gasteiger partial charge in [0.05, 0.1) is 12.7 Å². The zero-order valence-electron chi connectivity index (χ0n) is 15.9. The highest BCUT2D eigenvalue weighted by Crippen LogP contribution is 2.24. The van der Waals surface area contributed by atoms with Crippen molar-refractivity contribution in [3.05, 3.63) is 12.3 Å². The predicted octanol–water partition coefficient (Wildman–Crippen LogP) is 1.11. The number of aliphatic hydroxyl groups is 2. The van der Waals surface area contributed by atoms with Crippen LogP contribution < -0.4 is 9.80 Å². The molecule has 2 aliphatic rings. The van der Waals surface area contributed by atoms with Crippen LogP contribution in [0, 0.1) is 0 Å². The normalized spacial score (nSPS) is 21.4. The van der Waals surface area contributed by atoms with Crippen LogP contribution in [0.15, 0.2) is 12.3 Å². The van der Waals surface area contributed by atoms with Gasteiger partial charge < -0.3 is 20.0 Å². The van der Waals surface area contributed by atoms with Crippen LogP contribution in [0.3, 0.4) is 0 Å². The van der Waals surface area contributed by atoms with E-state index in [1.807, 2.05) is 18.0 Å². The summed E-state index contributed by atoms with van der Waals surface area (Å²) in [6.45, 7) is 4.30. The van der Waals surface area contributed by atoms with Crippen LogP contribution in [0.1, 0.15) is 38.5 Å². The molecule has 7 heteroatoms. The molecule has 1 aliphatic carbocycles. The molecule has 0 bridgehead atoms. The smallest absolute Gasteiger partial charge is 0.227 e. The summed E-state index contributed by atoms with van der Waals surface area (Å²) in [7, 11) is 1.87. The highest BCUT2D eigenvalue weighted by Gasteiger charge is 2.24. The van der Waals surface area contributed by atoms with Crippen LogP contribution in [0.25, 0.3) is 0 Å². The van der Waals surface area contributed by atoms with Crippen molar-refractivity contribution < 1.29 is 10.2 Å². The van der Waals surface area contributed by atoms with Gasteiger partial charge in [-0.3, -0.25) is 4.90 Å². The van der Waals surface area contributed by atoms with E-state index in [2.05, 4.69) is 14.8 Å². The summed E-state index contributed by atoms with van der Waals surface area (Å²) >= 11 is 0. The molecule has 146 valence electrons. The SMILES string of the molecule is CN(C[C@H](O)CO)c1ccnc(N2CCCN(C3CCCCC3)CC2)n1. The minimum Gasteiger partial charge on any atom is -0.394 e. The van der Waals surface area contributed by atoms with Crippen LogP contribution in [-0.4, -0.2) is 83.6 Å². The van der Waals surface area contributed by atoms with E-state index in [-0.39, 0.29) is 6.61 Å². The van der Waals surface area contributed by atoms with E-state index in [0.29, 0.717) is 6.54 Å². The molecule has 0 unspecified atom stereocenters. The fourth-order valence-corrected chi connectivity index (χ4v) is 4.12. The standard InChI is InChI=1S/C19H33N5O2/c1-22(14-17(26)15-25)18-8-9-20-19(21-18)24-11-5-10-23(12-13-24)16-6-3-2-4-7-16/h8-9,16-17,25-26H,2-7,10-15H2,1H3/t17-/m0/s1. The molecule has 0 radical (unpaired) electrons. The third kappa shape index (κ3) is 5.05. The number of hydrogen-bond donors (Lipinski definition) is 2. The summed E-state index contributed by atoms with van der Waals surface area (Å²) in [4.78, 5) is 16.0. The summed E-state index contributed by atoms with van der Waals surface area (Å²) in [5.74, 6) is 1.54. The second-order valence-corrected chi connectivity index (χ2v) is 7.60. The Labute approximate surface area is 156 Å². The third-order valence-electron chi connectivity index (χ3n) is 5.62. The van der Waals surface area contributed by atoms with Gasteiger partial charge in [-0.1, -0.05) is 19.3 Å². The maximum absolute atomic E-state index is 9.65. The highest BCUT2D eigenvalue weighted by molar-refractivity contribution is 5.43. The average Bonchev–Trinajstić information content (AvgIpc) is 2.95. The minimum atomic E-state index is -0.763. The maximum atomic E-state index is 9.65. The number of aliphatic hydroxyl groups excluding tert-OH is 2. The lowest BCUT2D eigenvalue weighted by Gasteiger charge is -2.33. The summed E-state index contributed by atoms with van der Waals surface area (Å²) in [6, 6.07) is 2.61. The molecule has 1 saturated heterocycles. The number of aromatic nitrogens is 2. The van der Waals surface area contributed by atoms with Crippen molar-refractivity contribution in [2.45, 2.75) is 50.7 Å². The lowest BCUT2D eigenvalue weighted by atomic mass is 9.94. The van der Waals surface area contributed by atoms with E-state index in [1.54, 1.807) is 6.20 Å². The van der Waals surface area contributed by atoms with Crippen molar-refractivity contribution in [1.82, 2.24) is 14.9 Å². The van der Waals surface area contributed by atoms with Gasteiger partial charge in [-0.25, -0.2) is 4.98 Å². The molecule has 3 rings (SSSR count). The summed E-state index contributed by atoms with van der Waals surface area (Å²) in [6.07, 6.45) is 9.01. The molecule has 1 aliphatic heterocycles. The van der Waals surface area contributed by atoms with Gasteiger partial charge >= 0.3 is 0 Å². The predicted molar refractivity (Wildman–Crippen MR) is 104 cm³/mol. The Balaban J connectivity index is 1.61. The molecule has 2 N–H and O–H groups in total. The molecule has 0 amide bonds. The number of hydrogen-bond acceptors (Lipinski definition) is 7. The molecule has 0 aromatic carbocycles. The number of likely N-dealkylation sites (N-methyl/N-ethyl adjacent to an activating group) is 1. The number of nitrogens with zero attached hydrogens (tertiary/aromatic N) is 5. The van der Waals surface area contributed by atoms with Crippen LogP contribution in [-0.2, 0) is 0 Å². The number of rotatable bonds is 6. The van der Waals surface area contributed by atoms with Crippen molar-refractivity contribution >= 4 is 11.8 Å². The molecule has 2 fully saturated rings. The quantitative estimate of drug-likeness (QED) is 0.784. The minimum absolute atomic E-state index is 0.245. The van der Waals surface area contributed by atoms with E-state index < -0.39 is 6.10 Å². The molecule has 0 spiro atoms. The van der Waals surface area contributed by atoms with Crippen molar-refractivity contribution in [2.75, 3.05) is 56.2 Å². The van der Waals surface area contributed by atoms with Gasteiger partial charge in [-0.2, -0.15) is 4.98 Å². The summed E-state index contributed by atoms with van der Waals surface area (Å²) < 4.78 is 0. The van der Waals surface area contributed by atoms with Gasteiger partial charge in [0, 0.05) is 52.0 Å². The molecule has 1 atom stereocenters. The Kier molecular flexibility index (Phi) is 7.05. The zero-order valence-corrected chi connectivity index (χ0v) is 15.9. The average molecular weight is 364 g/mol. The lowest BCUT2D eigenvalue weighted by molar-refractivity contribution is 0.101. The van der Waals surface area contributed by atoms with E-state index >= 15 is 0 Å². The van der Waals surface area contributed by atoms with Gasteiger partial charge in [0.15, 0.2) is 0 Å². The third-order valence-corrected chi connectivity index (χ3v) is 5.62. The monoisotopic (exact) mass is 363 g/mol. The molecular formula is C19H33N5O2. The fourth-order valence-electron chi connectivity index (χ4n) is 4.12. The second kappa shape index (κ2) is 9.48. The largest absolute Gasteiger partial charge is 0.394 e. The molecule has 26 heavy (non-hydrogen) atoms. The first-order valence-corrected chi connectivity index (χ1v) is 9.99. The first kappa shape index (κ1) is 19.3. The van der Waals surface area contributed by atoms with E-state index in [9.17, 15) is 5.11 Å². The zero-order chi connectivity index (χ0) is 18.4. The van der Waals surface area contributed by atoms with Gasteiger partial charge in [-0.15, -0.1) is 0 Å². The van der Waals surface area contributed by atoms with Gasteiger partial charge in [0.2, 0.25) is 5.95 Å². The van der Waals surface area contributed by atoms with Crippen LogP contribution in [0.2, 0.25) is 0 Å². The summed E-state index contributed by atoms with van der Waals surface area (Å²) in [5, 5.41) is 18.7. The first-order valence-electron chi connectivity index (χ1n) is 9.99. The van der Waals surface area contributed by atoms with Crippen molar-refractivity contribution in [3.63, 3.8) is 0 Å². The van der Waals surface area contributed by atoms with E-state index in [0.717, 1.165) is 43.9 Å². The molecule has 7 nitrogen and oxygen atoms in total. The van der Waals surface area contributed by atoms with Gasteiger partial charge in [-0.05, 0) is 25.3 Å². The van der Waals surface area contributed by atoms with E-state index in [4.69, 9.17) is 10.1 Å². The Morgan fingerprint density at radius 2 is 1.96 bits per heavy atom. The topological polar surface area (TPSA) is 76.0 Å². The van der Waals surface area contributed by atoms with Crippen molar-refractivity contribution in [1.29, 1.82) is 0 Å². The molecular weight excluding hydrogens is 330 g/mol. The van der Waals surface area contributed by atoms with E-state index in [1.165, 1.54) is 38.6 Å². The fraction of sp³-hybridized carbons (Fsp3) is 0.789. The summed E-state index contributed by atoms with van der Waals surface area (Å²) in [5.41, 5.74) is 0. The molecule has 2 heterocycles. The highest BCUT2D eigenvalue weighted by atomic mass is 16.3. The van der Waals surface area contributed by atoms with Crippen LogP contribution in [0.4, 0.5) is 11.8 Å². The first-order chi connectivity index (χ1) is 12.7. The maximum Gasteiger partial charge on any atom is 0.227 e. The van der Waals surface area contributed by atoms with Crippen molar-refractivity contribution in [2.24, 2.45) is 0 Å². The van der Waals surface area contributed by atoms with Gasteiger partial charge in [0.25, 0.3) is 0 Å². The molecule has 1 saturated carbocycles. The Bertz CT molecular complexity index is 552. The Hall–Kier alpha value is -1.44. The van der Waals surface area contributed by atoms with Crippen LogP contribution >= 0.6 is 0 Å². The van der Waals surface area contributed by atoms with Gasteiger partial charge in [0.1, 0.15) is 5.82 Å². The Morgan fingerprint density at radius 3 is 2.73 bits per heavy atom.